The highest BCUT2D eigenvalue weighted by atomic mass is 79.9. The van der Waals surface area contributed by atoms with E-state index in [4.69, 9.17) is 11.6 Å². The van der Waals surface area contributed by atoms with E-state index in [-0.39, 0.29) is 11.9 Å². The van der Waals surface area contributed by atoms with Crippen molar-refractivity contribution in [3.05, 3.63) is 63.3 Å². The van der Waals surface area contributed by atoms with Gasteiger partial charge in [0.1, 0.15) is 5.65 Å². The predicted octanol–water partition coefficient (Wildman–Crippen LogP) is 4.47. The van der Waals surface area contributed by atoms with Crippen LogP contribution in [0.1, 0.15) is 28.9 Å². The Kier molecular flexibility index (Phi) is 4.18. The molecule has 6 heteroatoms. The van der Waals surface area contributed by atoms with Crippen molar-refractivity contribution in [2.45, 2.75) is 13.0 Å². The maximum atomic E-state index is 12.5. The van der Waals surface area contributed by atoms with Crippen LogP contribution in [-0.2, 0) is 0 Å². The second-order valence-corrected chi connectivity index (χ2v) is 6.25. The molecule has 0 aliphatic heterocycles. The minimum atomic E-state index is -0.178. The van der Waals surface area contributed by atoms with E-state index in [1.165, 1.54) is 0 Å². The number of hydrogen-bond acceptors (Lipinski definition) is 2. The number of nitrogens with zero attached hydrogens (tertiary/aromatic N) is 1. The van der Waals surface area contributed by atoms with Crippen molar-refractivity contribution in [1.29, 1.82) is 0 Å². The number of pyridine rings is 1. The van der Waals surface area contributed by atoms with Gasteiger partial charge >= 0.3 is 0 Å². The van der Waals surface area contributed by atoms with E-state index in [0.29, 0.717) is 16.2 Å². The lowest BCUT2D eigenvalue weighted by Gasteiger charge is -2.16. The van der Waals surface area contributed by atoms with Crippen molar-refractivity contribution in [2.75, 3.05) is 0 Å². The van der Waals surface area contributed by atoms with Gasteiger partial charge in [0, 0.05) is 27.3 Å². The first-order valence-corrected chi connectivity index (χ1v) is 7.91. The molecule has 0 aliphatic carbocycles. The van der Waals surface area contributed by atoms with Gasteiger partial charge in [-0.3, -0.25) is 4.79 Å². The number of hydrogen-bond donors (Lipinski definition) is 2. The van der Waals surface area contributed by atoms with Crippen molar-refractivity contribution in [3.63, 3.8) is 0 Å². The first-order chi connectivity index (χ1) is 10.6. The summed E-state index contributed by atoms with van der Waals surface area (Å²) < 4.78 is 0.909. The van der Waals surface area contributed by atoms with Gasteiger partial charge < -0.3 is 10.3 Å². The molecule has 1 aromatic carbocycles. The molecule has 0 bridgehead atoms. The standard InChI is InChI=1S/C16H13BrClN3O/c1-9(13-8-10(18)2-3-14(13)17)21-16(22)12-5-7-20-15-11(12)4-6-19-15/h2-9H,1H3,(H,19,20)(H,21,22)/t9-/m0/s1. The second-order valence-electron chi connectivity index (χ2n) is 4.96. The van der Waals surface area contributed by atoms with E-state index in [1.54, 1.807) is 24.5 Å². The average molecular weight is 379 g/mol. The number of nitrogens with one attached hydrogen (secondary N) is 2. The van der Waals surface area contributed by atoms with Gasteiger partial charge in [0.25, 0.3) is 5.91 Å². The highest BCUT2D eigenvalue weighted by Crippen LogP contribution is 2.27. The number of H-pyrrole nitrogens is 1. The molecule has 0 fully saturated rings. The fourth-order valence-corrected chi connectivity index (χ4v) is 3.13. The highest BCUT2D eigenvalue weighted by molar-refractivity contribution is 9.10. The summed E-state index contributed by atoms with van der Waals surface area (Å²) in [7, 11) is 0. The van der Waals surface area contributed by atoms with Gasteiger partial charge in [-0.15, -0.1) is 0 Å². The molecule has 0 saturated heterocycles. The second kappa shape index (κ2) is 6.10. The number of amides is 1. The Bertz CT molecular complexity index is 846. The molecule has 2 aromatic heterocycles. The molecule has 2 N–H and O–H groups in total. The molecule has 0 unspecified atom stereocenters. The lowest BCUT2D eigenvalue weighted by molar-refractivity contribution is 0.0941. The van der Waals surface area contributed by atoms with Crippen LogP contribution >= 0.6 is 27.5 Å². The first-order valence-electron chi connectivity index (χ1n) is 6.74. The van der Waals surface area contributed by atoms with E-state index in [0.717, 1.165) is 15.4 Å². The fourth-order valence-electron chi connectivity index (χ4n) is 2.36. The van der Waals surface area contributed by atoms with Crippen molar-refractivity contribution in [1.82, 2.24) is 15.3 Å². The summed E-state index contributed by atoms with van der Waals surface area (Å²) >= 11 is 9.52. The van der Waals surface area contributed by atoms with Crippen LogP contribution in [0.25, 0.3) is 11.0 Å². The van der Waals surface area contributed by atoms with E-state index >= 15 is 0 Å². The number of fused-ring (bicyclic) bond motifs is 1. The van der Waals surface area contributed by atoms with Crippen LogP contribution in [0.5, 0.6) is 0 Å². The third-order valence-corrected chi connectivity index (χ3v) is 4.43. The SMILES string of the molecule is C[C@H](NC(=O)c1ccnc2[nH]ccc12)c1cc(Cl)ccc1Br. The molecule has 0 spiro atoms. The Morgan fingerprint density at radius 1 is 1.36 bits per heavy atom. The van der Waals surface area contributed by atoms with E-state index in [1.807, 2.05) is 25.1 Å². The zero-order chi connectivity index (χ0) is 15.7. The van der Waals surface area contributed by atoms with Gasteiger partial charge in [-0.25, -0.2) is 4.98 Å². The van der Waals surface area contributed by atoms with Crippen LogP contribution in [-0.4, -0.2) is 15.9 Å². The molecule has 0 saturated carbocycles. The van der Waals surface area contributed by atoms with Crippen LogP contribution in [0.3, 0.4) is 0 Å². The summed E-state index contributed by atoms with van der Waals surface area (Å²) in [6.45, 7) is 1.92. The molecule has 1 amide bonds. The van der Waals surface area contributed by atoms with Gasteiger partial charge in [-0.1, -0.05) is 27.5 Å². The first kappa shape index (κ1) is 15.1. The van der Waals surface area contributed by atoms with Gasteiger partial charge in [0.05, 0.1) is 11.6 Å². The quantitative estimate of drug-likeness (QED) is 0.706. The van der Waals surface area contributed by atoms with Crippen LogP contribution in [0.15, 0.2) is 47.2 Å². The molecule has 0 radical (unpaired) electrons. The average Bonchev–Trinajstić information content (AvgIpc) is 2.97. The number of carbonyl (C=O) groups excluding carboxylic acids is 1. The Morgan fingerprint density at radius 2 is 2.18 bits per heavy atom. The number of halogens is 2. The van der Waals surface area contributed by atoms with Crippen molar-refractivity contribution < 1.29 is 4.79 Å². The zero-order valence-electron chi connectivity index (χ0n) is 11.7. The largest absolute Gasteiger partial charge is 0.346 e. The van der Waals surface area contributed by atoms with Crippen LogP contribution < -0.4 is 5.32 Å². The molecule has 3 aromatic rings. The zero-order valence-corrected chi connectivity index (χ0v) is 14.1. The highest BCUT2D eigenvalue weighted by Gasteiger charge is 2.16. The Labute approximate surface area is 141 Å². The van der Waals surface area contributed by atoms with Gasteiger partial charge in [0.15, 0.2) is 0 Å². The van der Waals surface area contributed by atoms with Crippen LogP contribution in [0.2, 0.25) is 5.02 Å². The lowest BCUT2D eigenvalue weighted by atomic mass is 10.1. The molecular formula is C16H13BrClN3O. The van der Waals surface area contributed by atoms with Crippen LogP contribution in [0, 0.1) is 0 Å². The summed E-state index contributed by atoms with van der Waals surface area (Å²) in [6.07, 6.45) is 3.39. The third-order valence-electron chi connectivity index (χ3n) is 3.48. The molecule has 3 rings (SSSR count). The van der Waals surface area contributed by atoms with E-state index in [2.05, 4.69) is 31.2 Å². The number of carbonyl (C=O) groups is 1. The number of aromatic amines is 1. The molecule has 22 heavy (non-hydrogen) atoms. The smallest absolute Gasteiger partial charge is 0.252 e. The number of aromatic nitrogens is 2. The van der Waals surface area contributed by atoms with Crippen molar-refractivity contribution >= 4 is 44.5 Å². The maximum Gasteiger partial charge on any atom is 0.252 e. The summed E-state index contributed by atoms with van der Waals surface area (Å²) in [5.41, 5.74) is 2.22. The molecule has 4 nitrogen and oxygen atoms in total. The number of rotatable bonds is 3. The summed E-state index contributed by atoms with van der Waals surface area (Å²) in [5, 5.41) is 4.43. The number of benzene rings is 1. The Balaban J connectivity index is 1.88. The van der Waals surface area contributed by atoms with E-state index in [9.17, 15) is 4.79 Å². The Hall–Kier alpha value is -1.85. The summed E-state index contributed by atoms with van der Waals surface area (Å²) in [4.78, 5) is 19.7. The van der Waals surface area contributed by atoms with Crippen LogP contribution in [0.4, 0.5) is 0 Å². The summed E-state index contributed by atoms with van der Waals surface area (Å²) in [6, 6.07) is 8.90. The summed E-state index contributed by atoms with van der Waals surface area (Å²) in [5.74, 6) is -0.147. The van der Waals surface area contributed by atoms with Gasteiger partial charge in [-0.2, -0.15) is 0 Å². The maximum absolute atomic E-state index is 12.5. The Morgan fingerprint density at radius 3 is 3.00 bits per heavy atom. The molecule has 112 valence electrons. The van der Waals surface area contributed by atoms with Crippen molar-refractivity contribution in [2.24, 2.45) is 0 Å². The molecule has 0 aliphatic rings. The third kappa shape index (κ3) is 2.87. The fraction of sp³-hybridized carbons (Fsp3) is 0.125. The lowest BCUT2D eigenvalue weighted by Crippen LogP contribution is -2.27. The minimum absolute atomic E-state index is 0.147. The normalized spacial score (nSPS) is 12.3. The molecular weight excluding hydrogens is 366 g/mol. The van der Waals surface area contributed by atoms with Gasteiger partial charge in [-0.05, 0) is 42.8 Å². The predicted molar refractivity (Wildman–Crippen MR) is 91.1 cm³/mol. The topological polar surface area (TPSA) is 57.8 Å². The molecule has 2 heterocycles. The molecule has 1 atom stereocenters. The monoisotopic (exact) mass is 377 g/mol. The minimum Gasteiger partial charge on any atom is -0.346 e. The van der Waals surface area contributed by atoms with E-state index < -0.39 is 0 Å². The van der Waals surface area contributed by atoms with Gasteiger partial charge in [0.2, 0.25) is 0 Å². The van der Waals surface area contributed by atoms with Crippen molar-refractivity contribution in [3.8, 4) is 0 Å².